The first kappa shape index (κ1) is 10.5. The number of hydrogen-bond acceptors (Lipinski definition) is 2. The van der Waals surface area contributed by atoms with Crippen LogP contribution in [0.1, 0.15) is 17.3 Å². The SMILES string of the molecule is CC(=O)Nc1cc(C(=O)O)ccc1Cl. The Morgan fingerprint density at radius 3 is 2.57 bits per heavy atom. The van der Waals surface area contributed by atoms with E-state index in [1.165, 1.54) is 25.1 Å². The molecule has 0 aliphatic heterocycles. The molecular weight excluding hydrogens is 206 g/mol. The maximum absolute atomic E-state index is 10.7. The van der Waals surface area contributed by atoms with Crippen molar-refractivity contribution in [3.63, 3.8) is 0 Å². The molecule has 0 saturated carbocycles. The zero-order valence-corrected chi connectivity index (χ0v) is 8.13. The van der Waals surface area contributed by atoms with Crippen LogP contribution in [0.2, 0.25) is 5.02 Å². The van der Waals surface area contributed by atoms with E-state index in [1.54, 1.807) is 0 Å². The lowest BCUT2D eigenvalue weighted by atomic mass is 10.2. The third-order valence-electron chi connectivity index (χ3n) is 1.52. The summed E-state index contributed by atoms with van der Waals surface area (Å²) in [6, 6.07) is 4.11. The summed E-state index contributed by atoms with van der Waals surface area (Å²) in [5, 5.41) is 11.4. The van der Waals surface area contributed by atoms with Crippen LogP contribution in [0.3, 0.4) is 0 Å². The Hall–Kier alpha value is -1.55. The molecule has 1 amide bonds. The first-order valence-electron chi connectivity index (χ1n) is 3.81. The molecule has 0 heterocycles. The predicted octanol–water partition coefficient (Wildman–Crippen LogP) is 2.00. The molecule has 2 N–H and O–H groups in total. The van der Waals surface area contributed by atoms with Gasteiger partial charge in [0.05, 0.1) is 16.3 Å². The molecule has 0 spiro atoms. The highest BCUT2D eigenvalue weighted by Gasteiger charge is 2.07. The molecule has 5 heteroatoms. The van der Waals surface area contributed by atoms with Crippen LogP contribution in [-0.2, 0) is 4.79 Å². The van der Waals surface area contributed by atoms with E-state index in [1.807, 2.05) is 0 Å². The summed E-state index contributed by atoms with van der Waals surface area (Å²) >= 11 is 5.74. The Bertz CT molecular complexity index is 390. The number of carboxylic acid groups (broad SMARTS) is 1. The fourth-order valence-corrected chi connectivity index (χ4v) is 1.11. The smallest absolute Gasteiger partial charge is 0.335 e. The van der Waals surface area contributed by atoms with E-state index in [4.69, 9.17) is 16.7 Å². The van der Waals surface area contributed by atoms with E-state index in [0.29, 0.717) is 10.7 Å². The van der Waals surface area contributed by atoms with Gasteiger partial charge in [-0.25, -0.2) is 4.79 Å². The lowest BCUT2D eigenvalue weighted by Gasteiger charge is -2.05. The molecule has 0 unspecified atom stereocenters. The molecule has 74 valence electrons. The Balaban J connectivity index is 3.08. The predicted molar refractivity (Wildman–Crippen MR) is 52.7 cm³/mol. The fourth-order valence-electron chi connectivity index (χ4n) is 0.944. The number of rotatable bonds is 2. The highest BCUT2D eigenvalue weighted by molar-refractivity contribution is 6.33. The van der Waals surface area contributed by atoms with E-state index in [0.717, 1.165) is 0 Å². The van der Waals surface area contributed by atoms with Gasteiger partial charge in [-0.2, -0.15) is 0 Å². The summed E-state index contributed by atoms with van der Waals surface area (Å²) in [6.45, 7) is 1.32. The molecule has 0 fully saturated rings. The molecule has 0 aromatic heterocycles. The van der Waals surface area contributed by atoms with Gasteiger partial charge in [0.2, 0.25) is 5.91 Å². The van der Waals surface area contributed by atoms with Gasteiger partial charge < -0.3 is 10.4 Å². The largest absolute Gasteiger partial charge is 0.478 e. The first-order chi connectivity index (χ1) is 6.50. The average Bonchev–Trinajstić information content (AvgIpc) is 2.07. The Morgan fingerprint density at radius 2 is 2.07 bits per heavy atom. The van der Waals surface area contributed by atoms with Crippen LogP contribution in [0.5, 0.6) is 0 Å². The molecular formula is C9H8ClNO3. The summed E-state index contributed by atoms with van der Waals surface area (Å²) in [5.74, 6) is -1.36. The van der Waals surface area contributed by atoms with Crippen molar-refractivity contribution in [2.75, 3.05) is 5.32 Å². The molecule has 0 aliphatic rings. The molecule has 0 aliphatic carbocycles. The number of carbonyl (C=O) groups excluding carboxylic acids is 1. The Kier molecular flexibility index (Phi) is 3.09. The summed E-state index contributed by atoms with van der Waals surface area (Å²) in [4.78, 5) is 21.3. The topological polar surface area (TPSA) is 66.4 Å². The summed E-state index contributed by atoms with van der Waals surface area (Å²) in [7, 11) is 0. The standard InChI is InChI=1S/C9H8ClNO3/c1-5(12)11-8-4-6(9(13)14)2-3-7(8)10/h2-4H,1H3,(H,11,12)(H,13,14). The van der Waals surface area contributed by atoms with Crippen molar-refractivity contribution in [2.45, 2.75) is 6.92 Å². The normalized spacial score (nSPS) is 9.57. The molecule has 1 aromatic rings. The van der Waals surface area contributed by atoms with Crippen LogP contribution in [0.4, 0.5) is 5.69 Å². The van der Waals surface area contributed by atoms with E-state index < -0.39 is 5.97 Å². The number of halogens is 1. The van der Waals surface area contributed by atoms with Crippen LogP contribution in [-0.4, -0.2) is 17.0 Å². The van der Waals surface area contributed by atoms with Crippen molar-refractivity contribution in [3.05, 3.63) is 28.8 Å². The van der Waals surface area contributed by atoms with Crippen LogP contribution >= 0.6 is 11.6 Å². The number of benzene rings is 1. The van der Waals surface area contributed by atoms with Gasteiger partial charge in [-0.3, -0.25) is 4.79 Å². The average molecular weight is 214 g/mol. The van der Waals surface area contributed by atoms with Crippen LogP contribution < -0.4 is 5.32 Å². The minimum Gasteiger partial charge on any atom is -0.478 e. The monoisotopic (exact) mass is 213 g/mol. The molecule has 0 atom stereocenters. The second kappa shape index (κ2) is 4.11. The maximum Gasteiger partial charge on any atom is 0.335 e. The fraction of sp³-hybridized carbons (Fsp3) is 0.111. The van der Waals surface area contributed by atoms with Gasteiger partial charge in [-0.1, -0.05) is 11.6 Å². The first-order valence-corrected chi connectivity index (χ1v) is 4.19. The number of aromatic carboxylic acids is 1. The van der Waals surface area contributed by atoms with Crippen molar-refractivity contribution in [1.29, 1.82) is 0 Å². The summed E-state index contributed by atoms with van der Waals surface area (Å²) in [5.41, 5.74) is 0.386. The lowest BCUT2D eigenvalue weighted by Crippen LogP contribution is -2.07. The van der Waals surface area contributed by atoms with Crippen molar-refractivity contribution in [3.8, 4) is 0 Å². The van der Waals surface area contributed by atoms with Crippen molar-refractivity contribution < 1.29 is 14.7 Å². The number of carbonyl (C=O) groups is 2. The Morgan fingerprint density at radius 1 is 1.43 bits per heavy atom. The third-order valence-corrected chi connectivity index (χ3v) is 1.85. The van der Waals surface area contributed by atoms with Crippen LogP contribution in [0.15, 0.2) is 18.2 Å². The lowest BCUT2D eigenvalue weighted by molar-refractivity contribution is -0.114. The van der Waals surface area contributed by atoms with Crippen LogP contribution in [0, 0.1) is 0 Å². The van der Waals surface area contributed by atoms with Gasteiger partial charge in [-0.05, 0) is 18.2 Å². The van der Waals surface area contributed by atoms with E-state index in [-0.39, 0.29) is 11.5 Å². The van der Waals surface area contributed by atoms with Gasteiger partial charge >= 0.3 is 5.97 Å². The molecule has 1 rings (SSSR count). The van der Waals surface area contributed by atoms with Gasteiger partial charge in [0.25, 0.3) is 0 Å². The summed E-state index contributed by atoms with van der Waals surface area (Å²) in [6.07, 6.45) is 0. The molecule has 14 heavy (non-hydrogen) atoms. The van der Waals surface area contributed by atoms with Crippen LogP contribution in [0.25, 0.3) is 0 Å². The minimum atomic E-state index is -1.06. The third kappa shape index (κ3) is 2.47. The van der Waals surface area contributed by atoms with Crippen molar-refractivity contribution in [2.24, 2.45) is 0 Å². The quantitative estimate of drug-likeness (QED) is 0.790. The van der Waals surface area contributed by atoms with Gasteiger partial charge in [-0.15, -0.1) is 0 Å². The minimum absolute atomic E-state index is 0.0816. The van der Waals surface area contributed by atoms with Gasteiger partial charge in [0.15, 0.2) is 0 Å². The van der Waals surface area contributed by atoms with Crippen molar-refractivity contribution in [1.82, 2.24) is 0 Å². The maximum atomic E-state index is 10.7. The summed E-state index contributed by atoms with van der Waals surface area (Å²) < 4.78 is 0. The number of hydrogen-bond donors (Lipinski definition) is 2. The molecule has 0 radical (unpaired) electrons. The number of carboxylic acids is 1. The van der Waals surface area contributed by atoms with E-state index >= 15 is 0 Å². The molecule has 0 bridgehead atoms. The number of nitrogens with one attached hydrogen (secondary N) is 1. The molecule has 0 saturated heterocycles. The van der Waals surface area contributed by atoms with E-state index in [2.05, 4.69) is 5.32 Å². The second-order valence-corrected chi connectivity index (χ2v) is 3.09. The highest BCUT2D eigenvalue weighted by atomic mass is 35.5. The van der Waals surface area contributed by atoms with Gasteiger partial charge in [0.1, 0.15) is 0 Å². The molecule has 1 aromatic carbocycles. The van der Waals surface area contributed by atoms with E-state index in [9.17, 15) is 9.59 Å². The Labute approximate surface area is 85.5 Å². The highest BCUT2D eigenvalue weighted by Crippen LogP contribution is 2.22. The van der Waals surface area contributed by atoms with Gasteiger partial charge in [0, 0.05) is 6.92 Å². The second-order valence-electron chi connectivity index (χ2n) is 2.68. The zero-order chi connectivity index (χ0) is 10.7. The number of anilines is 1. The zero-order valence-electron chi connectivity index (χ0n) is 7.37. The van der Waals surface area contributed by atoms with Crippen molar-refractivity contribution >= 4 is 29.2 Å². The number of amides is 1. The molecule has 4 nitrogen and oxygen atoms in total.